The fourth-order valence-corrected chi connectivity index (χ4v) is 4.96. The lowest BCUT2D eigenvalue weighted by atomic mass is 10.2. The van der Waals surface area contributed by atoms with Gasteiger partial charge in [-0.1, -0.05) is 29.3 Å². The van der Waals surface area contributed by atoms with Gasteiger partial charge in [-0.25, -0.2) is 9.78 Å². The van der Waals surface area contributed by atoms with Crippen LogP contribution in [0.5, 0.6) is 5.95 Å². The highest BCUT2D eigenvalue weighted by Gasteiger charge is 2.21. The van der Waals surface area contributed by atoms with Gasteiger partial charge in [0, 0.05) is 68.1 Å². The zero-order valence-corrected chi connectivity index (χ0v) is 23.8. The van der Waals surface area contributed by atoms with Gasteiger partial charge in [-0.05, 0) is 42.8 Å². The molecule has 0 radical (unpaired) electrons. The molecule has 0 spiro atoms. The maximum absolute atomic E-state index is 11.3. The number of benzene rings is 2. The molecule has 6 rings (SSSR count). The van der Waals surface area contributed by atoms with Crippen molar-refractivity contribution in [3.63, 3.8) is 0 Å². The molecule has 2 saturated heterocycles. The Bertz CT molecular complexity index is 1450. The molecule has 2 aliphatic heterocycles. The number of imidazole rings is 1. The Morgan fingerprint density at radius 2 is 1.70 bits per heavy atom. The molecule has 0 bridgehead atoms. The van der Waals surface area contributed by atoms with Crippen molar-refractivity contribution < 1.29 is 23.8 Å². The molecular weight excluding hydrogens is 555 g/mol. The third-order valence-electron chi connectivity index (χ3n) is 7.03. The first-order valence-corrected chi connectivity index (χ1v) is 14.0. The summed E-state index contributed by atoms with van der Waals surface area (Å²) < 4.78 is 18.3. The summed E-state index contributed by atoms with van der Waals surface area (Å²) in [6, 6.07) is 14.1. The minimum Gasteiger partial charge on any atom is -0.478 e. The number of carboxylic acid groups (broad SMARTS) is 1. The van der Waals surface area contributed by atoms with E-state index in [-0.39, 0.29) is 5.56 Å². The third-order valence-corrected chi connectivity index (χ3v) is 7.62. The first kappa shape index (κ1) is 28.4. The molecular formula is C29H32Cl2N4O5. The van der Waals surface area contributed by atoms with E-state index < -0.39 is 5.97 Å². The second kappa shape index (κ2) is 13.1. The molecule has 9 nitrogen and oxygen atoms in total. The van der Waals surface area contributed by atoms with Crippen molar-refractivity contribution in [2.45, 2.75) is 26.1 Å². The molecule has 1 N–H and O–H groups in total. The summed E-state index contributed by atoms with van der Waals surface area (Å²) >= 11 is 12.2. The average molecular weight is 588 g/mol. The summed E-state index contributed by atoms with van der Waals surface area (Å²) in [4.78, 5) is 20.7. The summed E-state index contributed by atoms with van der Waals surface area (Å²) in [5, 5.41) is 10.4. The summed E-state index contributed by atoms with van der Waals surface area (Å²) in [6.45, 7) is 7.36. The minimum atomic E-state index is -0.933. The van der Waals surface area contributed by atoms with E-state index in [1.807, 2.05) is 29.8 Å². The van der Waals surface area contributed by atoms with Gasteiger partial charge in [0.15, 0.2) is 0 Å². The summed E-state index contributed by atoms with van der Waals surface area (Å²) in [5.74, 6) is 1.30. The van der Waals surface area contributed by atoms with E-state index in [0.717, 1.165) is 67.6 Å². The number of aryl methyl sites for hydroxylation is 1. The molecule has 0 aliphatic carbocycles. The predicted octanol–water partition coefficient (Wildman–Crippen LogP) is 5.47. The fraction of sp³-hybridized carbons (Fsp3) is 0.379. The first-order valence-electron chi connectivity index (χ1n) is 13.2. The summed E-state index contributed by atoms with van der Waals surface area (Å²) in [6.07, 6.45) is 1.28. The molecule has 11 heteroatoms. The van der Waals surface area contributed by atoms with Crippen molar-refractivity contribution in [1.82, 2.24) is 19.4 Å². The monoisotopic (exact) mass is 586 g/mol. The van der Waals surface area contributed by atoms with Crippen LogP contribution in [0.4, 0.5) is 0 Å². The first-order chi connectivity index (χ1) is 19.4. The lowest BCUT2D eigenvalue weighted by Crippen LogP contribution is -2.45. The van der Waals surface area contributed by atoms with Gasteiger partial charge in [-0.15, -0.1) is 0 Å². The number of rotatable bonds is 8. The maximum atomic E-state index is 11.3. The topological polar surface area (TPSA) is 93.2 Å². The van der Waals surface area contributed by atoms with Crippen LogP contribution in [0.2, 0.25) is 10.0 Å². The second-order valence-corrected chi connectivity index (χ2v) is 10.7. The van der Waals surface area contributed by atoms with Crippen LogP contribution in [0.15, 0.2) is 52.9 Å². The van der Waals surface area contributed by atoms with Crippen molar-refractivity contribution in [2.24, 2.45) is 7.05 Å². The number of halogens is 2. The van der Waals surface area contributed by atoms with Crippen molar-refractivity contribution in [2.75, 3.05) is 39.4 Å². The largest absolute Gasteiger partial charge is 0.478 e. The molecule has 0 saturated carbocycles. The molecule has 40 heavy (non-hydrogen) atoms. The van der Waals surface area contributed by atoms with Crippen LogP contribution >= 0.6 is 23.2 Å². The quantitative estimate of drug-likeness (QED) is 0.290. The van der Waals surface area contributed by atoms with Crippen molar-refractivity contribution in [1.29, 1.82) is 0 Å². The summed E-state index contributed by atoms with van der Waals surface area (Å²) in [5.41, 5.74) is 2.76. The average Bonchev–Trinajstić information content (AvgIpc) is 3.47. The highest BCUT2D eigenvalue weighted by molar-refractivity contribution is 6.35. The Morgan fingerprint density at radius 1 is 1.00 bits per heavy atom. The number of hydrogen-bond acceptors (Lipinski definition) is 7. The predicted molar refractivity (Wildman–Crippen MR) is 153 cm³/mol. The van der Waals surface area contributed by atoms with E-state index >= 15 is 0 Å². The minimum absolute atomic E-state index is 0.269. The highest BCUT2D eigenvalue weighted by Crippen LogP contribution is 2.25. The Kier molecular flexibility index (Phi) is 9.29. The Morgan fingerprint density at radius 3 is 2.35 bits per heavy atom. The van der Waals surface area contributed by atoms with E-state index in [4.69, 9.17) is 42.1 Å². The molecule has 2 aromatic carbocycles. The lowest BCUT2D eigenvalue weighted by Gasteiger charge is -2.33. The third kappa shape index (κ3) is 7.16. The molecule has 4 heterocycles. The van der Waals surface area contributed by atoms with Crippen molar-refractivity contribution in [3.05, 3.63) is 81.3 Å². The SMILES string of the molecule is C1COC1.Cn1c(CN2CCN(Cc3ccc(OCc4ccc(Cl)cc4Cl)o3)CC2)nc2ccc(C(=O)O)cc21. The van der Waals surface area contributed by atoms with E-state index in [2.05, 4.69) is 9.80 Å². The number of nitrogens with zero attached hydrogens (tertiary/aromatic N) is 4. The highest BCUT2D eigenvalue weighted by atomic mass is 35.5. The second-order valence-electron chi connectivity index (χ2n) is 9.86. The molecule has 2 fully saturated rings. The van der Waals surface area contributed by atoms with Crippen LogP contribution < -0.4 is 4.74 Å². The fourth-order valence-electron chi connectivity index (χ4n) is 4.49. The van der Waals surface area contributed by atoms with E-state index in [9.17, 15) is 9.90 Å². The van der Waals surface area contributed by atoms with Gasteiger partial charge in [0.05, 0.1) is 29.7 Å². The van der Waals surface area contributed by atoms with Crippen LogP contribution in [-0.4, -0.2) is 69.8 Å². The van der Waals surface area contributed by atoms with Crippen LogP contribution in [-0.2, 0) is 31.5 Å². The van der Waals surface area contributed by atoms with Crippen molar-refractivity contribution >= 4 is 40.2 Å². The lowest BCUT2D eigenvalue weighted by molar-refractivity contribution is 0.0367. The summed E-state index contributed by atoms with van der Waals surface area (Å²) in [7, 11) is 1.93. The number of fused-ring (bicyclic) bond motifs is 1. The molecule has 212 valence electrons. The molecule has 4 aromatic rings. The molecule has 0 amide bonds. The molecule has 2 aromatic heterocycles. The smallest absolute Gasteiger partial charge is 0.335 e. The molecule has 0 atom stereocenters. The van der Waals surface area contributed by atoms with Gasteiger partial charge in [0.25, 0.3) is 5.95 Å². The van der Waals surface area contributed by atoms with Crippen LogP contribution in [0.3, 0.4) is 0 Å². The zero-order valence-electron chi connectivity index (χ0n) is 22.3. The Hall–Kier alpha value is -3.08. The van der Waals surface area contributed by atoms with E-state index in [0.29, 0.717) is 35.7 Å². The van der Waals surface area contributed by atoms with Gasteiger partial charge in [0.1, 0.15) is 18.2 Å². The Balaban J connectivity index is 0.000000741. The maximum Gasteiger partial charge on any atom is 0.335 e. The van der Waals surface area contributed by atoms with Crippen LogP contribution in [0, 0.1) is 0 Å². The van der Waals surface area contributed by atoms with Crippen LogP contribution in [0.25, 0.3) is 11.0 Å². The number of carbonyl (C=O) groups is 1. The number of aromatic carboxylic acids is 1. The van der Waals surface area contributed by atoms with Crippen molar-refractivity contribution in [3.8, 4) is 5.95 Å². The molecule has 0 unspecified atom stereocenters. The van der Waals surface area contributed by atoms with E-state index in [1.165, 1.54) is 6.42 Å². The normalized spacial score (nSPS) is 15.9. The van der Waals surface area contributed by atoms with Gasteiger partial charge >= 0.3 is 5.97 Å². The molecule has 2 aliphatic rings. The number of carboxylic acids is 1. The number of piperazine rings is 1. The zero-order chi connectivity index (χ0) is 28.1. The van der Waals surface area contributed by atoms with Crippen LogP contribution in [0.1, 0.15) is 33.9 Å². The number of ether oxygens (including phenoxy) is 2. The number of aromatic nitrogens is 2. The van der Waals surface area contributed by atoms with E-state index in [1.54, 1.807) is 30.3 Å². The van der Waals surface area contributed by atoms with Gasteiger partial charge in [0.2, 0.25) is 0 Å². The van der Waals surface area contributed by atoms with Gasteiger partial charge in [-0.2, -0.15) is 0 Å². The van der Waals surface area contributed by atoms with Gasteiger partial charge < -0.3 is 23.6 Å². The number of furan rings is 1. The van der Waals surface area contributed by atoms with Gasteiger partial charge in [-0.3, -0.25) is 9.80 Å². The Labute approximate surface area is 242 Å². The number of hydrogen-bond donors (Lipinski definition) is 1. The standard InChI is InChI=1S/C26H26Cl2N4O4.C3H6O/c1-30-23-12-17(26(33)34)3-6-22(23)29-24(30)15-32-10-8-31(9-11-32)14-20-5-7-25(36-20)35-16-18-2-4-19(27)13-21(18)28;1-2-4-3-1/h2-7,12-13H,8-11,14-16H2,1H3,(H,33,34);1-3H2.